The largest absolute Gasteiger partial charge is 0.418 e. The number of halogens is 8. The summed E-state index contributed by atoms with van der Waals surface area (Å²) in [6.45, 7) is 31.3. The van der Waals surface area contributed by atoms with E-state index in [0.29, 0.717) is 28.1 Å². The number of alkyl halides is 3. The highest BCUT2D eigenvalue weighted by Crippen LogP contribution is 2.51. The van der Waals surface area contributed by atoms with Crippen molar-refractivity contribution >= 4 is 43.6 Å². The topological polar surface area (TPSA) is 9.86 Å². The Morgan fingerprint density at radius 3 is 0.905 bits per heavy atom. The van der Waals surface area contributed by atoms with E-state index in [4.69, 9.17) is 0 Å². The Morgan fingerprint density at radius 1 is 0.333 bits per heavy atom. The number of rotatable bonds is 3. The second-order valence-electron chi connectivity index (χ2n) is 17.9. The van der Waals surface area contributed by atoms with Gasteiger partial charge in [0.05, 0.1) is 44.6 Å². The molecule has 2 aromatic heterocycles. The predicted molar refractivity (Wildman–Crippen MR) is 241 cm³/mol. The summed E-state index contributed by atoms with van der Waals surface area (Å²) >= 11 is 0. The minimum Gasteiger partial charge on any atom is -0.307 e. The van der Waals surface area contributed by atoms with Crippen molar-refractivity contribution in [1.29, 1.82) is 0 Å². The summed E-state index contributed by atoms with van der Waals surface area (Å²) in [4.78, 5) is 0. The first kappa shape index (κ1) is 44.0. The molecule has 8 rings (SSSR count). The van der Waals surface area contributed by atoms with Gasteiger partial charge >= 0.3 is 6.18 Å². The first-order valence-corrected chi connectivity index (χ1v) is 21.0. The molecule has 0 saturated heterocycles. The van der Waals surface area contributed by atoms with Crippen LogP contribution in [-0.4, -0.2) is 9.13 Å². The van der Waals surface area contributed by atoms with E-state index < -0.39 is 52.0 Å². The number of benzene rings is 6. The van der Waals surface area contributed by atoms with Crippen molar-refractivity contribution in [2.24, 2.45) is 0 Å². The summed E-state index contributed by atoms with van der Waals surface area (Å²) < 4.78 is 130. The summed E-state index contributed by atoms with van der Waals surface area (Å²) in [6.07, 6.45) is -5.23. The van der Waals surface area contributed by atoms with E-state index in [1.54, 1.807) is 9.13 Å². The lowest BCUT2D eigenvalue weighted by Gasteiger charge is -2.26. The van der Waals surface area contributed by atoms with Crippen LogP contribution in [-0.2, 0) is 6.18 Å². The van der Waals surface area contributed by atoms with Crippen LogP contribution < -0.4 is 0 Å². The monoisotopic (exact) mass is 866 g/mol. The van der Waals surface area contributed by atoms with Crippen molar-refractivity contribution in [3.05, 3.63) is 136 Å². The minimum atomic E-state index is -5.23. The molecule has 0 N–H and O–H groups in total. The number of hydrogen-bond donors (Lipinski definition) is 0. The van der Waals surface area contributed by atoms with Crippen molar-refractivity contribution in [1.82, 2.24) is 9.13 Å². The minimum absolute atomic E-state index is 0.135. The maximum Gasteiger partial charge on any atom is 0.418 e. The third-order valence-corrected chi connectivity index (χ3v) is 15.4. The van der Waals surface area contributed by atoms with E-state index in [2.05, 4.69) is 0 Å². The summed E-state index contributed by atoms with van der Waals surface area (Å²) in [7, 11) is 0. The van der Waals surface area contributed by atoms with Gasteiger partial charge in [0.25, 0.3) is 0 Å². The fourth-order valence-corrected chi connectivity index (χ4v) is 10.4. The first-order valence-electron chi connectivity index (χ1n) is 21.0. The van der Waals surface area contributed by atoms with Gasteiger partial charge in [-0.3, -0.25) is 0 Å². The Kier molecular flexibility index (Phi) is 9.90. The van der Waals surface area contributed by atoms with Crippen LogP contribution >= 0.6 is 0 Å². The Labute approximate surface area is 362 Å². The van der Waals surface area contributed by atoms with Gasteiger partial charge in [-0.25, -0.2) is 22.0 Å². The van der Waals surface area contributed by atoms with Crippen LogP contribution in [0, 0.1) is 140 Å². The molecular formula is C53H50F8N2. The van der Waals surface area contributed by atoms with E-state index in [0.717, 1.165) is 111 Å². The van der Waals surface area contributed by atoms with Crippen molar-refractivity contribution in [2.45, 2.75) is 117 Å². The van der Waals surface area contributed by atoms with Crippen molar-refractivity contribution < 1.29 is 35.1 Å². The van der Waals surface area contributed by atoms with E-state index in [-0.39, 0.29) is 11.4 Å². The van der Waals surface area contributed by atoms with E-state index in [9.17, 15) is 4.39 Å². The zero-order valence-electron chi connectivity index (χ0n) is 38.6. The lowest BCUT2D eigenvalue weighted by Crippen LogP contribution is -2.17. The van der Waals surface area contributed by atoms with Crippen molar-refractivity contribution in [2.75, 3.05) is 0 Å². The van der Waals surface area contributed by atoms with Crippen LogP contribution in [0.15, 0.2) is 12.1 Å². The summed E-state index contributed by atoms with van der Waals surface area (Å²) in [5.74, 6) is -11.4. The van der Waals surface area contributed by atoms with Gasteiger partial charge in [-0.15, -0.1) is 0 Å². The molecule has 0 radical (unpaired) electrons. The van der Waals surface area contributed by atoms with E-state index >= 15 is 30.7 Å². The maximum absolute atomic E-state index is 16.6. The quantitative estimate of drug-likeness (QED) is 0.0951. The number of aryl methyl sites for hydroxylation is 8. The Bertz CT molecular complexity index is 3240. The fraction of sp³-hybridized carbons (Fsp3) is 0.321. The molecule has 2 nitrogen and oxygen atoms in total. The first-order chi connectivity index (χ1) is 29.2. The molecule has 328 valence electrons. The molecule has 2 heterocycles. The average molecular weight is 867 g/mol. The second-order valence-corrected chi connectivity index (χ2v) is 17.9. The fourth-order valence-electron chi connectivity index (χ4n) is 10.4. The Hall–Kier alpha value is -5.64. The summed E-state index contributed by atoms with van der Waals surface area (Å²) in [5.41, 5.74) is 12.3. The molecule has 0 saturated carbocycles. The smallest absolute Gasteiger partial charge is 0.307 e. The van der Waals surface area contributed by atoms with Gasteiger partial charge < -0.3 is 9.13 Å². The van der Waals surface area contributed by atoms with Gasteiger partial charge in [-0.2, -0.15) is 13.2 Å². The standard InChI is InChI=1S/C53H50F8N2/c1-19-23(5)31(13)48-38(27(19)9)39-28(10)20(2)24(6)32(14)49(39)62(48)37-18-35(42-43(54)45(56)47(58)46(57)44(42)55)17-36(53(59,60)61)52(37)63-50-33(15)25(7)21(3)29(11)40(50)41-30(12)22(4)26(8)34(16)51(41)63/h17-18H,1-16H3. The molecule has 0 bridgehead atoms. The molecule has 0 atom stereocenters. The van der Waals surface area contributed by atoms with Crippen LogP contribution in [0.25, 0.3) is 66.1 Å². The number of fused-ring (bicyclic) bond motifs is 6. The lowest BCUT2D eigenvalue weighted by atomic mass is 9.90. The molecule has 0 unspecified atom stereocenters. The lowest BCUT2D eigenvalue weighted by molar-refractivity contribution is -0.137. The highest BCUT2D eigenvalue weighted by atomic mass is 19.4. The summed E-state index contributed by atoms with van der Waals surface area (Å²) in [5, 5.41) is 3.15. The molecular weight excluding hydrogens is 817 g/mol. The molecule has 0 fully saturated rings. The van der Waals surface area contributed by atoms with Crippen molar-refractivity contribution in [3.8, 4) is 22.5 Å². The van der Waals surface area contributed by atoms with Crippen LogP contribution in [0.4, 0.5) is 35.1 Å². The van der Waals surface area contributed by atoms with Crippen LogP contribution in [0.5, 0.6) is 0 Å². The van der Waals surface area contributed by atoms with Gasteiger partial charge in [0, 0.05) is 21.5 Å². The molecule has 8 aromatic rings. The molecule has 10 heteroatoms. The van der Waals surface area contributed by atoms with Crippen molar-refractivity contribution in [3.63, 3.8) is 0 Å². The van der Waals surface area contributed by atoms with Crippen LogP contribution in [0.2, 0.25) is 0 Å². The van der Waals surface area contributed by atoms with Gasteiger partial charge in [0.2, 0.25) is 5.82 Å². The SMILES string of the molecule is Cc1c(C)c(C)c2c(c1C)c1c(C)c(C)c(C)c(C)c1n2-c1cc(-c2c(F)c(F)c(F)c(F)c2F)cc(C(F)(F)F)c1-n1c2c(C)c(C)c(C)c(C)c2c2c(C)c(C)c(C)c(C)c21. The number of aromatic nitrogens is 2. The van der Waals surface area contributed by atoms with Gasteiger partial charge in [-0.05, 0) is 217 Å². The molecule has 63 heavy (non-hydrogen) atoms. The molecule has 0 aliphatic carbocycles. The molecule has 6 aromatic carbocycles. The zero-order chi connectivity index (χ0) is 46.7. The molecule has 0 amide bonds. The highest BCUT2D eigenvalue weighted by molar-refractivity contribution is 6.18. The normalized spacial score (nSPS) is 12.4. The molecule has 0 aliphatic rings. The highest BCUT2D eigenvalue weighted by Gasteiger charge is 2.40. The molecule has 0 spiro atoms. The Balaban J connectivity index is 1.83. The number of hydrogen-bond acceptors (Lipinski definition) is 0. The predicted octanol–water partition coefficient (Wildman–Crippen LogP) is 16.2. The number of nitrogens with zero attached hydrogens (tertiary/aromatic N) is 2. The third kappa shape index (κ3) is 5.61. The van der Waals surface area contributed by atoms with Crippen LogP contribution in [0.1, 0.15) is 94.6 Å². The second kappa shape index (κ2) is 14.2. The van der Waals surface area contributed by atoms with Gasteiger partial charge in [0.15, 0.2) is 23.3 Å². The third-order valence-electron chi connectivity index (χ3n) is 15.4. The van der Waals surface area contributed by atoms with E-state index in [1.807, 2.05) is 111 Å². The van der Waals surface area contributed by atoms with E-state index in [1.165, 1.54) is 6.07 Å². The molecule has 0 aliphatic heterocycles. The average Bonchev–Trinajstić information content (AvgIpc) is 3.79. The summed E-state index contributed by atoms with van der Waals surface area (Å²) in [6, 6.07) is 1.72. The Morgan fingerprint density at radius 2 is 0.603 bits per heavy atom. The zero-order valence-corrected chi connectivity index (χ0v) is 38.6. The maximum atomic E-state index is 16.6. The van der Waals surface area contributed by atoms with Gasteiger partial charge in [0.1, 0.15) is 0 Å². The van der Waals surface area contributed by atoms with Gasteiger partial charge in [-0.1, -0.05) is 0 Å². The van der Waals surface area contributed by atoms with Crippen LogP contribution in [0.3, 0.4) is 0 Å².